The number of fused-ring (bicyclic) bond motifs is 2. The van der Waals surface area contributed by atoms with Crippen LogP contribution in [0.4, 0.5) is 11.1 Å². The molecule has 2 aromatic heterocycles. The molecule has 0 bridgehead atoms. The first-order valence-corrected chi connectivity index (χ1v) is 8.87. The Balaban J connectivity index is 1.66. The van der Waals surface area contributed by atoms with Crippen molar-refractivity contribution in [1.82, 2.24) is 9.97 Å². The lowest BCUT2D eigenvalue weighted by atomic mass is 9.87. The Morgan fingerprint density at radius 3 is 2.64 bits per heavy atom. The Kier molecular flexibility index (Phi) is 3.65. The summed E-state index contributed by atoms with van der Waals surface area (Å²) in [6.07, 6.45) is 0. The van der Waals surface area contributed by atoms with Gasteiger partial charge in [-0.05, 0) is 41.3 Å². The van der Waals surface area contributed by atoms with E-state index in [4.69, 9.17) is 9.15 Å². The van der Waals surface area contributed by atoms with E-state index in [1.807, 2.05) is 24.3 Å². The summed E-state index contributed by atoms with van der Waals surface area (Å²) in [7, 11) is 1.66. The molecular formula is C19H19N3O2S. The van der Waals surface area contributed by atoms with Crippen molar-refractivity contribution in [2.24, 2.45) is 0 Å². The van der Waals surface area contributed by atoms with Crippen LogP contribution < -0.4 is 10.1 Å². The molecule has 0 fully saturated rings. The van der Waals surface area contributed by atoms with Crippen LogP contribution in [0.25, 0.3) is 21.3 Å². The van der Waals surface area contributed by atoms with Crippen LogP contribution in [0.15, 0.2) is 40.8 Å². The van der Waals surface area contributed by atoms with E-state index < -0.39 is 0 Å². The van der Waals surface area contributed by atoms with Crippen molar-refractivity contribution in [2.75, 3.05) is 12.4 Å². The molecule has 1 N–H and O–H groups in total. The van der Waals surface area contributed by atoms with Gasteiger partial charge in [0.2, 0.25) is 0 Å². The fourth-order valence-corrected chi connectivity index (χ4v) is 3.51. The Hall–Kier alpha value is -2.60. The highest BCUT2D eigenvalue weighted by Crippen LogP contribution is 2.32. The second-order valence-corrected chi connectivity index (χ2v) is 7.96. The van der Waals surface area contributed by atoms with Gasteiger partial charge in [-0.2, -0.15) is 4.98 Å². The fourth-order valence-electron chi connectivity index (χ4n) is 2.62. The van der Waals surface area contributed by atoms with Crippen molar-refractivity contribution in [3.63, 3.8) is 0 Å². The Morgan fingerprint density at radius 1 is 1.04 bits per heavy atom. The molecule has 4 aromatic rings. The standard InChI is InChI=1S/C19H19N3O2S/c1-19(2,3)11-5-8-15-14(9-11)20-17(24-15)22-18-21-13-7-6-12(23-4)10-16(13)25-18/h5-10H,1-4H3,(H,20,21,22). The zero-order valence-electron chi connectivity index (χ0n) is 14.6. The van der Waals surface area contributed by atoms with Crippen molar-refractivity contribution >= 4 is 43.8 Å². The summed E-state index contributed by atoms with van der Waals surface area (Å²) in [6, 6.07) is 12.4. The van der Waals surface area contributed by atoms with E-state index in [-0.39, 0.29) is 5.41 Å². The smallest absolute Gasteiger partial charge is 0.302 e. The van der Waals surface area contributed by atoms with Crippen molar-refractivity contribution in [3.05, 3.63) is 42.0 Å². The van der Waals surface area contributed by atoms with E-state index in [0.29, 0.717) is 6.01 Å². The number of aromatic nitrogens is 2. The number of rotatable bonds is 3. The highest BCUT2D eigenvalue weighted by molar-refractivity contribution is 7.22. The van der Waals surface area contributed by atoms with Gasteiger partial charge in [0.15, 0.2) is 10.7 Å². The first kappa shape index (κ1) is 15.9. The van der Waals surface area contributed by atoms with Gasteiger partial charge in [0.05, 0.1) is 17.3 Å². The molecule has 0 aliphatic carbocycles. The maximum Gasteiger partial charge on any atom is 0.302 e. The molecule has 0 amide bonds. The minimum Gasteiger partial charge on any atom is -0.497 e. The lowest BCUT2D eigenvalue weighted by molar-refractivity contribution is 0.415. The quantitative estimate of drug-likeness (QED) is 0.528. The normalized spacial score (nSPS) is 12.0. The summed E-state index contributed by atoms with van der Waals surface area (Å²) < 4.78 is 12.1. The monoisotopic (exact) mass is 353 g/mol. The number of thiazole rings is 1. The molecule has 0 aliphatic heterocycles. The number of hydrogen-bond acceptors (Lipinski definition) is 6. The molecule has 128 valence electrons. The van der Waals surface area contributed by atoms with Gasteiger partial charge in [-0.25, -0.2) is 4.98 Å². The minimum atomic E-state index is 0.0762. The third kappa shape index (κ3) is 3.05. The van der Waals surface area contributed by atoms with Gasteiger partial charge in [-0.3, -0.25) is 5.32 Å². The van der Waals surface area contributed by atoms with Crippen LogP contribution in [0.1, 0.15) is 26.3 Å². The van der Waals surface area contributed by atoms with Gasteiger partial charge in [0.1, 0.15) is 11.3 Å². The van der Waals surface area contributed by atoms with Gasteiger partial charge in [0, 0.05) is 0 Å². The van der Waals surface area contributed by atoms with Gasteiger partial charge in [0.25, 0.3) is 0 Å². The third-order valence-corrected chi connectivity index (χ3v) is 5.00. The van der Waals surface area contributed by atoms with E-state index in [1.54, 1.807) is 7.11 Å². The number of benzene rings is 2. The van der Waals surface area contributed by atoms with E-state index >= 15 is 0 Å². The first-order chi connectivity index (χ1) is 11.9. The van der Waals surface area contributed by atoms with Crippen LogP contribution in [0.3, 0.4) is 0 Å². The largest absolute Gasteiger partial charge is 0.497 e. The minimum absolute atomic E-state index is 0.0762. The van der Waals surface area contributed by atoms with Crippen molar-refractivity contribution in [3.8, 4) is 5.75 Å². The third-order valence-electron chi connectivity index (χ3n) is 4.06. The summed E-state index contributed by atoms with van der Waals surface area (Å²) in [5.41, 5.74) is 3.83. The summed E-state index contributed by atoms with van der Waals surface area (Å²) in [6.45, 7) is 6.55. The Bertz CT molecular complexity index is 1060. The molecule has 0 spiro atoms. The van der Waals surface area contributed by atoms with Crippen LogP contribution in [0, 0.1) is 0 Å². The van der Waals surface area contributed by atoms with Crippen molar-refractivity contribution < 1.29 is 9.15 Å². The summed E-state index contributed by atoms with van der Waals surface area (Å²) in [5, 5.41) is 3.91. The molecule has 6 heteroatoms. The van der Waals surface area contributed by atoms with E-state index in [9.17, 15) is 0 Å². The predicted octanol–water partition coefficient (Wildman–Crippen LogP) is 5.49. The number of ether oxygens (including phenoxy) is 1. The van der Waals surface area contributed by atoms with Crippen LogP contribution in [-0.4, -0.2) is 17.1 Å². The Labute approximate surface area is 149 Å². The molecule has 0 aliphatic rings. The summed E-state index contributed by atoms with van der Waals surface area (Å²) in [5.74, 6) is 0.819. The van der Waals surface area contributed by atoms with Gasteiger partial charge in [-0.1, -0.05) is 38.2 Å². The molecule has 0 radical (unpaired) electrons. The zero-order valence-corrected chi connectivity index (χ0v) is 15.4. The van der Waals surface area contributed by atoms with Crippen LogP contribution in [0.2, 0.25) is 0 Å². The lowest BCUT2D eigenvalue weighted by Crippen LogP contribution is -2.10. The van der Waals surface area contributed by atoms with Crippen LogP contribution in [-0.2, 0) is 5.41 Å². The van der Waals surface area contributed by atoms with Gasteiger partial charge < -0.3 is 9.15 Å². The summed E-state index contributed by atoms with van der Waals surface area (Å²) in [4.78, 5) is 9.11. The van der Waals surface area contributed by atoms with E-state index in [2.05, 4.69) is 48.2 Å². The molecule has 0 saturated carbocycles. The van der Waals surface area contributed by atoms with Crippen molar-refractivity contribution in [2.45, 2.75) is 26.2 Å². The average molecular weight is 353 g/mol. The summed E-state index contributed by atoms with van der Waals surface area (Å²) >= 11 is 1.54. The highest BCUT2D eigenvalue weighted by atomic mass is 32.1. The SMILES string of the molecule is COc1ccc2nc(Nc3nc4cc(C(C)(C)C)ccc4o3)sc2c1. The second kappa shape index (κ2) is 5.74. The molecule has 0 atom stereocenters. The molecule has 4 rings (SSSR count). The number of nitrogens with one attached hydrogen (secondary N) is 1. The Morgan fingerprint density at radius 2 is 1.88 bits per heavy atom. The van der Waals surface area contributed by atoms with Gasteiger partial charge >= 0.3 is 6.01 Å². The molecule has 0 unspecified atom stereocenters. The molecule has 0 saturated heterocycles. The molecule has 2 aromatic carbocycles. The number of anilines is 2. The highest BCUT2D eigenvalue weighted by Gasteiger charge is 2.16. The zero-order chi connectivity index (χ0) is 17.6. The van der Waals surface area contributed by atoms with Gasteiger partial charge in [-0.15, -0.1) is 0 Å². The molecule has 25 heavy (non-hydrogen) atoms. The number of hydrogen-bond donors (Lipinski definition) is 1. The molecular weight excluding hydrogens is 334 g/mol. The fraction of sp³-hybridized carbons (Fsp3) is 0.263. The second-order valence-electron chi connectivity index (χ2n) is 6.93. The number of oxazole rings is 1. The predicted molar refractivity (Wildman–Crippen MR) is 102 cm³/mol. The average Bonchev–Trinajstić information content (AvgIpc) is 3.14. The lowest BCUT2D eigenvalue weighted by Gasteiger charge is -2.18. The molecule has 2 heterocycles. The van der Waals surface area contributed by atoms with Crippen LogP contribution in [0.5, 0.6) is 5.75 Å². The molecule has 5 nitrogen and oxygen atoms in total. The van der Waals surface area contributed by atoms with Crippen molar-refractivity contribution in [1.29, 1.82) is 0 Å². The van der Waals surface area contributed by atoms with E-state index in [0.717, 1.165) is 32.2 Å². The maximum atomic E-state index is 5.80. The number of nitrogens with zero attached hydrogens (tertiary/aromatic N) is 2. The van der Waals surface area contributed by atoms with Crippen LogP contribution >= 0.6 is 11.3 Å². The first-order valence-electron chi connectivity index (χ1n) is 8.05. The maximum absolute atomic E-state index is 5.80. The van der Waals surface area contributed by atoms with E-state index in [1.165, 1.54) is 16.9 Å². The number of methoxy groups -OCH3 is 1. The topological polar surface area (TPSA) is 60.2 Å².